The van der Waals surface area contributed by atoms with E-state index in [1.54, 1.807) is 0 Å². The van der Waals surface area contributed by atoms with Crippen LogP contribution in [0.25, 0.3) is 0 Å². The van der Waals surface area contributed by atoms with Crippen LogP contribution in [0.1, 0.15) is 12.5 Å². The molecule has 1 atom stereocenters. The number of carbonyl (C=O) groups is 1. The minimum atomic E-state index is -0.775. The molecule has 1 rings (SSSR count). The lowest BCUT2D eigenvalue weighted by atomic mass is 10.2. The van der Waals surface area contributed by atoms with E-state index < -0.39 is 6.09 Å². The van der Waals surface area contributed by atoms with Crippen LogP contribution in [0.2, 0.25) is 0 Å². The molecule has 3 N–H and O–H groups in total. The SMILES string of the molecule is C#CC(C)Nc1ccc(COC(N)=O)cc1. The highest BCUT2D eigenvalue weighted by Gasteiger charge is 1.99. The van der Waals surface area contributed by atoms with E-state index in [-0.39, 0.29) is 12.6 Å². The quantitative estimate of drug-likeness (QED) is 0.756. The van der Waals surface area contributed by atoms with Gasteiger partial charge < -0.3 is 15.8 Å². The van der Waals surface area contributed by atoms with Crippen LogP contribution >= 0.6 is 0 Å². The van der Waals surface area contributed by atoms with Crippen LogP contribution in [0.15, 0.2) is 24.3 Å². The maximum absolute atomic E-state index is 10.4. The number of nitrogens with two attached hydrogens (primary N) is 1. The first-order valence-corrected chi connectivity index (χ1v) is 4.85. The summed E-state index contributed by atoms with van der Waals surface area (Å²) in [5.74, 6) is 2.57. The first-order valence-electron chi connectivity index (χ1n) is 4.85. The molecular weight excluding hydrogens is 204 g/mol. The summed E-state index contributed by atoms with van der Waals surface area (Å²) in [5, 5.41) is 3.12. The topological polar surface area (TPSA) is 64.3 Å². The van der Waals surface area contributed by atoms with Crippen molar-refractivity contribution in [2.24, 2.45) is 5.73 Å². The Morgan fingerprint density at radius 2 is 2.19 bits per heavy atom. The lowest BCUT2D eigenvalue weighted by molar-refractivity contribution is 0.150. The second-order valence-electron chi connectivity index (χ2n) is 3.34. The molecule has 0 aliphatic carbocycles. The molecular formula is C12H14N2O2. The molecule has 16 heavy (non-hydrogen) atoms. The maximum Gasteiger partial charge on any atom is 0.404 e. The first-order chi connectivity index (χ1) is 7.61. The molecule has 0 fully saturated rings. The molecule has 0 aromatic heterocycles. The predicted molar refractivity (Wildman–Crippen MR) is 62.7 cm³/mol. The van der Waals surface area contributed by atoms with E-state index >= 15 is 0 Å². The van der Waals surface area contributed by atoms with E-state index in [0.717, 1.165) is 11.3 Å². The normalized spacial score (nSPS) is 11.2. The smallest absolute Gasteiger partial charge is 0.404 e. The van der Waals surface area contributed by atoms with Gasteiger partial charge in [-0.15, -0.1) is 6.42 Å². The molecule has 0 saturated heterocycles. The fourth-order valence-electron chi connectivity index (χ4n) is 1.14. The van der Waals surface area contributed by atoms with Gasteiger partial charge >= 0.3 is 6.09 Å². The molecule has 84 valence electrons. The van der Waals surface area contributed by atoms with Gasteiger partial charge in [0, 0.05) is 5.69 Å². The van der Waals surface area contributed by atoms with Crippen molar-refractivity contribution < 1.29 is 9.53 Å². The number of terminal acetylenes is 1. The zero-order chi connectivity index (χ0) is 12.0. The number of primary amides is 1. The Bertz CT molecular complexity index is 392. The third kappa shape index (κ3) is 3.93. The Morgan fingerprint density at radius 3 is 2.69 bits per heavy atom. The third-order valence-corrected chi connectivity index (χ3v) is 1.97. The molecule has 1 amide bonds. The molecule has 0 aliphatic heterocycles. The van der Waals surface area contributed by atoms with Crippen molar-refractivity contribution in [2.75, 3.05) is 5.32 Å². The lowest BCUT2D eigenvalue weighted by Crippen LogP contribution is -2.13. The number of hydrogen-bond acceptors (Lipinski definition) is 3. The fourth-order valence-corrected chi connectivity index (χ4v) is 1.14. The Labute approximate surface area is 94.8 Å². The van der Waals surface area contributed by atoms with Gasteiger partial charge in [0.05, 0.1) is 6.04 Å². The van der Waals surface area contributed by atoms with Gasteiger partial charge in [-0.05, 0) is 24.6 Å². The Hall–Kier alpha value is -2.15. The summed E-state index contributed by atoms with van der Waals surface area (Å²) in [5.41, 5.74) is 6.66. The van der Waals surface area contributed by atoms with Gasteiger partial charge in [0.2, 0.25) is 0 Å². The van der Waals surface area contributed by atoms with E-state index in [9.17, 15) is 4.79 Å². The van der Waals surface area contributed by atoms with E-state index in [1.165, 1.54) is 0 Å². The summed E-state index contributed by atoms with van der Waals surface area (Å²) in [4.78, 5) is 10.4. The molecule has 1 unspecified atom stereocenters. The average Bonchev–Trinajstić information content (AvgIpc) is 2.28. The number of benzene rings is 1. The monoisotopic (exact) mass is 218 g/mol. The van der Waals surface area contributed by atoms with Crippen LogP contribution in [0.4, 0.5) is 10.5 Å². The van der Waals surface area contributed by atoms with Gasteiger partial charge in [-0.2, -0.15) is 0 Å². The molecule has 4 nitrogen and oxygen atoms in total. The zero-order valence-electron chi connectivity index (χ0n) is 9.07. The third-order valence-electron chi connectivity index (χ3n) is 1.97. The van der Waals surface area contributed by atoms with Crippen molar-refractivity contribution in [1.82, 2.24) is 0 Å². The lowest BCUT2D eigenvalue weighted by Gasteiger charge is -2.09. The fraction of sp³-hybridized carbons (Fsp3) is 0.250. The van der Waals surface area contributed by atoms with Crippen molar-refractivity contribution in [3.05, 3.63) is 29.8 Å². The average molecular weight is 218 g/mol. The van der Waals surface area contributed by atoms with Crippen molar-refractivity contribution in [3.8, 4) is 12.3 Å². The standard InChI is InChI=1S/C12H14N2O2/c1-3-9(2)14-11-6-4-10(5-7-11)8-16-12(13)15/h1,4-7,9,14H,8H2,2H3,(H2,13,15). The minimum Gasteiger partial charge on any atom is -0.445 e. The molecule has 0 spiro atoms. The van der Waals surface area contributed by atoms with Gasteiger partial charge in [-0.25, -0.2) is 4.79 Å². The van der Waals surface area contributed by atoms with Gasteiger partial charge in [0.15, 0.2) is 0 Å². The predicted octanol–water partition coefficient (Wildman–Crippen LogP) is 1.72. The molecule has 0 aliphatic rings. The molecule has 1 aromatic carbocycles. The van der Waals surface area contributed by atoms with E-state index in [0.29, 0.717) is 0 Å². The van der Waals surface area contributed by atoms with Gasteiger partial charge in [-0.3, -0.25) is 0 Å². The second-order valence-corrected chi connectivity index (χ2v) is 3.34. The molecule has 0 radical (unpaired) electrons. The number of carbonyl (C=O) groups excluding carboxylic acids is 1. The van der Waals surface area contributed by atoms with E-state index in [4.69, 9.17) is 12.2 Å². The van der Waals surface area contributed by atoms with Crippen molar-refractivity contribution >= 4 is 11.8 Å². The highest BCUT2D eigenvalue weighted by molar-refractivity contribution is 5.64. The highest BCUT2D eigenvalue weighted by Crippen LogP contribution is 2.11. The summed E-state index contributed by atoms with van der Waals surface area (Å²) < 4.78 is 4.66. The Morgan fingerprint density at radius 1 is 1.56 bits per heavy atom. The summed E-state index contributed by atoms with van der Waals surface area (Å²) in [6, 6.07) is 7.40. The number of hydrogen-bond donors (Lipinski definition) is 2. The van der Waals surface area contributed by atoms with Crippen LogP contribution in [0, 0.1) is 12.3 Å². The number of amides is 1. The number of nitrogens with one attached hydrogen (secondary N) is 1. The molecule has 0 heterocycles. The van der Waals surface area contributed by atoms with Crippen molar-refractivity contribution in [2.45, 2.75) is 19.6 Å². The summed E-state index contributed by atoms with van der Waals surface area (Å²) in [6.45, 7) is 2.07. The van der Waals surface area contributed by atoms with Gasteiger partial charge in [0.25, 0.3) is 0 Å². The second kappa shape index (κ2) is 5.66. The number of ether oxygens (including phenoxy) is 1. The van der Waals surface area contributed by atoms with Crippen molar-refractivity contribution in [1.29, 1.82) is 0 Å². The van der Waals surface area contributed by atoms with Gasteiger partial charge in [0.1, 0.15) is 6.61 Å². The highest BCUT2D eigenvalue weighted by atomic mass is 16.5. The van der Waals surface area contributed by atoms with Crippen LogP contribution in [0.5, 0.6) is 0 Å². The van der Waals surface area contributed by atoms with E-state index in [1.807, 2.05) is 31.2 Å². The van der Waals surface area contributed by atoms with Gasteiger partial charge in [-0.1, -0.05) is 18.1 Å². The largest absolute Gasteiger partial charge is 0.445 e. The minimum absolute atomic E-state index is 0.0206. The summed E-state index contributed by atoms with van der Waals surface area (Å²) in [7, 11) is 0. The molecule has 0 saturated carbocycles. The Kier molecular flexibility index (Phi) is 4.22. The zero-order valence-corrected chi connectivity index (χ0v) is 9.07. The number of rotatable bonds is 4. The van der Waals surface area contributed by atoms with Crippen molar-refractivity contribution in [3.63, 3.8) is 0 Å². The van der Waals surface area contributed by atoms with Crippen LogP contribution < -0.4 is 11.1 Å². The Balaban J connectivity index is 2.54. The summed E-state index contributed by atoms with van der Waals surface area (Å²) >= 11 is 0. The molecule has 4 heteroatoms. The van der Waals surface area contributed by atoms with Crippen LogP contribution in [0.3, 0.4) is 0 Å². The molecule has 1 aromatic rings. The maximum atomic E-state index is 10.4. The summed E-state index contributed by atoms with van der Waals surface area (Å²) in [6.07, 6.45) is 4.47. The first kappa shape index (κ1) is 11.9. The molecule has 0 bridgehead atoms. The van der Waals surface area contributed by atoms with E-state index in [2.05, 4.69) is 16.0 Å². The van der Waals surface area contributed by atoms with Crippen LogP contribution in [-0.4, -0.2) is 12.1 Å². The number of anilines is 1. The van der Waals surface area contributed by atoms with Crippen LogP contribution in [-0.2, 0) is 11.3 Å².